The molecule has 1 aliphatic carbocycles. The third kappa shape index (κ3) is 7.58. The lowest BCUT2D eigenvalue weighted by molar-refractivity contribution is -0.116. The zero-order chi connectivity index (χ0) is 23.6. The van der Waals surface area contributed by atoms with Crippen molar-refractivity contribution in [3.8, 4) is 0 Å². The van der Waals surface area contributed by atoms with Crippen LogP contribution >= 0.6 is 0 Å². The Balaban J connectivity index is 1.34. The van der Waals surface area contributed by atoms with Crippen LogP contribution in [0.3, 0.4) is 0 Å². The number of amides is 1. The quantitative estimate of drug-likeness (QED) is 0.523. The molecule has 1 aromatic carbocycles. The highest BCUT2D eigenvalue weighted by Crippen LogP contribution is 2.30. The number of hydrogen-bond acceptors (Lipinski definition) is 4. The van der Waals surface area contributed by atoms with Gasteiger partial charge in [-0.2, -0.15) is 0 Å². The van der Waals surface area contributed by atoms with Crippen LogP contribution in [0.1, 0.15) is 64.9 Å². The second kappa shape index (κ2) is 13.1. The first kappa shape index (κ1) is 25.8. The molecule has 1 saturated heterocycles. The molecular formula is C28H46N4O. The smallest absolute Gasteiger partial charge is 0.244 e. The van der Waals surface area contributed by atoms with E-state index in [1.807, 2.05) is 6.08 Å². The number of piperidine rings is 1. The molecule has 1 saturated carbocycles. The Kier molecular flexibility index (Phi) is 10.3. The third-order valence-corrected chi connectivity index (χ3v) is 7.90. The number of rotatable bonds is 10. The first-order valence-corrected chi connectivity index (χ1v) is 13.3. The molecule has 0 bridgehead atoms. The Labute approximate surface area is 202 Å². The second-order valence-electron chi connectivity index (χ2n) is 9.96. The average molecular weight is 455 g/mol. The first-order valence-electron chi connectivity index (χ1n) is 13.3. The van der Waals surface area contributed by atoms with Crippen molar-refractivity contribution in [1.29, 1.82) is 0 Å². The fourth-order valence-corrected chi connectivity index (χ4v) is 5.68. The van der Waals surface area contributed by atoms with Crippen LogP contribution in [0.5, 0.6) is 0 Å². The molecule has 0 unspecified atom stereocenters. The second-order valence-corrected chi connectivity index (χ2v) is 9.96. The molecule has 33 heavy (non-hydrogen) atoms. The van der Waals surface area contributed by atoms with Crippen LogP contribution in [0, 0.1) is 5.92 Å². The fourth-order valence-electron chi connectivity index (χ4n) is 5.68. The Hall–Kier alpha value is -1.85. The van der Waals surface area contributed by atoms with E-state index in [0.29, 0.717) is 6.54 Å². The summed E-state index contributed by atoms with van der Waals surface area (Å²) in [5.41, 5.74) is 2.28. The van der Waals surface area contributed by atoms with Crippen molar-refractivity contribution in [1.82, 2.24) is 15.1 Å². The summed E-state index contributed by atoms with van der Waals surface area (Å²) in [6, 6.07) is 9.90. The summed E-state index contributed by atoms with van der Waals surface area (Å²) in [7, 11) is 2.36. The number of benzene rings is 1. The van der Waals surface area contributed by atoms with Crippen LogP contribution in [0.25, 0.3) is 6.08 Å². The van der Waals surface area contributed by atoms with Gasteiger partial charge in [0.15, 0.2) is 0 Å². The van der Waals surface area contributed by atoms with Crippen molar-refractivity contribution in [3.63, 3.8) is 0 Å². The lowest BCUT2D eigenvalue weighted by atomic mass is 9.84. The van der Waals surface area contributed by atoms with Gasteiger partial charge >= 0.3 is 0 Å². The predicted molar refractivity (Wildman–Crippen MR) is 141 cm³/mol. The molecule has 184 valence electrons. The van der Waals surface area contributed by atoms with Gasteiger partial charge in [0, 0.05) is 50.0 Å². The molecule has 0 spiro atoms. The number of anilines is 1. The molecule has 1 aromatic rings. The van der Waals surface area contributed by atoms with Gasteiger partial charge in [-0.15, -0.1) is 0 Å². The lowest BCUT2D eigenvalue weighted by Crippen LogP contribution is -2.50. The van der Waals surface area contributed by atoms with Crippen LogP contribution in [-0.4, -0.2) is 74.1 Å². The van der Waals surface area contributed by atoms with Gasteiger partial charge in [-0.25, -0.2) is 0 Å². The van der Waals surface area contributed by atoms with E-state index in [1.165, 1.54) is 44.2 Å². The van der Waals surface area contributed by atoms with Gasteiger partial charge in [0.25, 0.3) is 0 Å². The maximum atomic E-state index is 12.2. The molecule has 3 rings (SSSR count). The standard InChI is InChI=1S/C28H46N4O/c1-5-32(6-2)26-14-11-24(12-15-26)13-16-28(33)29-19-22-31-20-17-25(18-21-31)30(4)27-10-8-7-9-23(27)3/h11-16,23,25,27H,5-10,17-22H2,1-4H3,(H,29,33)/b16-13+/t23-,27+/m1/s1. The minimum atomic E-state index is -0.0104. The van der Waals surface area contributed by atoms with Gasteiger partial charge in [-0.3, -0.25) is 4.79 Å². The summed E-state index contributed by atoms with van der Waals surface area (Å²) in [5.74, 6) is 0.828. The number of likely N-dealkylation sites (tertiary alicyclic amines) is 1. The summed E-state index contributed by atoms with van der Waals surface area (Å²) in [6.45, 7) is 12.7. The number of carbonyl (C=O) groups excluding carboxylic acids is 1. The van der Waals surface area contributed by atoms with Crippen molar-refractivity contribution in [2.75, 3.05) is 51.2 Å². The van der Waals surface area contributed by atoms with E-state index < -0.39 is 0 Å². The van der Waals surface area contributed by atoms with Crippen LogP contribution in [-0.2, 0) is 4.79 Å². The van der Waals surface area contributed by atoms with E-state index in [9.17, 15) is 4.79 Å². The van der Waals surface area contributed by atoms with Crippen molar-refractivity contribution < 1.29 is 4.79 Å². The topological polar surface area (TPSA) is 38.8 Å². The molecule has 0 aromatic heterocycles. The molecule has 5 heteroatoms. The van der Waals surface area contributed by atoms with E-state index in [-0.39, 0.29) is 5.91 Å². The van der Waals surface area contributed by atoms with Gasteiger partial charge in [0.1, 0.15) is 0 Å². The van der Waals surface area contributed by atoms with Crippen molar-refractivity contribution in [3.05, 3.63) is 35.9 Å². The number of nitrogens with zero attached hydrogens (tertiary/aromatic N) is 3. The molecule has 1 heterocycles. The summed E-state index contributed by atoms with van der Waals surface area (Å²) < 4.78 is 0. The van der Waals surface area contributed by atoms with Gasteiger partial charge in [0.05, 0.1) is 0 Å². The summed E-state index contributed by atoms with van der Waals surface area (Å²) in [4.78, 5) is 19.8. The zero-order valence-electron chi connectivity index (χ0n) is 21.4. The van der Waals surface area contributed by atoms with Gasteiger partial charge < -0.3 is 20.0 Å². The maximum Gasteiger partial charge on any atom is 0.244 e. The number of nitrogens with one attached hydrogen (secondary N) is 1. The molecule has 1 amide bonds. The minimum absolute atomic E-state index is 0.0104. The SMILES string of the molecule is CCN(CC)c1ccc(/C=C/C(=O)NCCN2CCC(N(C)[C@H]3CCCC[C@H]3C)CC2)cc1. The van der Waals surface area contributed by atoms with Gasteiger partial charge in [0.2, 0.25) is 5.91 Å². The molecule has 5 nitrogen and oxygen atoms in total. The number of carbonyl (C=O) groups is 1. The van der Waals surface area contributed by atoms with Gasteiger partial charge in [-0.05, 0) is 89.4 Å². The van der Waals surface area contributed by atoms with Gasteiger partial charge in [-0.1, -0.05) is 31.9 Å². The van der Waals surface area contributed by atoms with Crippen molar-refractivity contribution in [2.45, 2.75) is 71.4 Å². The van der Waals surface area contributed by atoms with Crippen LogP contribution in [0.2, 0.25) is 0 Å². The van der Waals surface area contributed by atoms with Crippen LogP contribution in [0.4, 0.5) is 5.69 Å². The van der Waals surface area contributed by atoms with E-state index in [4.69, 9.17) is 0 Å². The largest absolute Gasteiger partial charge is 0.372 e. The molecule has 1 N–H and O–H groups in total. The van der Waals surface area contributed by atoms with Crippen molar-refractivity contribution in [2.24, 2.45) is 5.92 Å². The average Bonchev–Trinajstić information content (AvgIpc) is 2.84. The summed E-state index contributed by atoms with van der Waals surface area (Å²) >= 11 is 0. The zero-order valence-corrected chi connectivity index (χ0v) is 21.4. The minimum Gasteiger partial charge on any atom is -0.372 e. The lowest BCUT2D eigenvalue weighted by Gasteiger charge is -2.44. The molecule has 2 aliphatic rings. The molecule has 1 aliphatic heterocycles. The highest BCUT2D eigenvalue weighted by molar-refractivity contribution is 5.91. The van der Waals surface area contributed by atoms with E-state index in [2.05, 4.69) is 72.1 Å². The maximum absolute atomic E-state index is 12.2. The highest BCUT2D eigenvalue weighted by atomic mass is 16.1. The normalized spacial score (nSPS) is 22.7. The summed E-state index contributed by atoms with van der Waals surface area (Å²) in [5, 5.41) is 3.05. The molecular weight excluding hydrogens is 408 g/mol. The first-order chi connectivity index (χ1) is 16.0. The Bertz CT molecular complexity index is 735. The summed E-state index contributed by atoms with van der Waals surface area (Å²) in [6.07, 6.45) is 11.6. The van der Waals surface area contributed by atoms with E-state index >= 15 is 0 Å². The third-order valence-electron chi connectivity index (χ3n) is 7.90. The molecule has 2 fully saturated rings. The van der Waals surface area contributed by atoms with E-state index in [1.54, 1.807) is 6.08 Å². The highest BCUT2D eigenvalue weighted by Gasteiger charge is 2.31. The number of hydrogen-bond donors (Lipinski definition) is 1. The predicted octanol–water partition coefficient (Wildman–Crippen LogP) is 4.64. The Morgan fingerprint density at radius 2 is 1.73 bits per heavy atom. The van der Waals surface area contributed by atoms with Crippen LogP contribution < -0.4 is 10.2 Å². The van der Waals surface area contributed by atoms with E-state index in [0.717, 1.165) is 56.3 Å². The van der Waals surface area contributed by atoms with Crippen molar-refractivity contribution >= 4 is 17.7 Å². The fraction of sp³-hybridized carbons (Fsp3) is 0.679. The molecule has 0 radical (unpaired) electrons. The molecule has 2 atom stereocenters. The monoisotopic (exact) mass is 454 g/mol. The Morgan fingerprint density at radius 3 is 2.36 bits per heavy atom. The Morgan fingerprint density at radius 1 is 1.06 bits per heavy atom. The van der Waals surface area contributed by atoms with Crippen LogP contribution in [0.15, 0.2) is 30.3 Å².